The molecule has 0 bridgehead atoms. The highest BCUT2D eigenvalue weighted by atomic mass is 79.9. The maximum Gasteiger partial charge on any atom is 0.0976 e. The van der Waals surface area contributed by atoms with Crippen LogP contribution in [-0.4, -0.2) is 30.3 Å². The minimum atomic E-state index is -0.347. The topological polar surface area (TPSA) is 36.0 Å². The lowest BCUT2D eigenvalue weighted by atomic mass is 9.99. The van der Waals surface area contributed by atoms with Crippen LogP contribution in [0.1, 0.15) is 11.1 Å². The van der Waals surface area contributed by atoms with E-state index in [-0.39, 0.29) is 4.65 Å². The zero-order valence-corrected chi connectivity index (χ0v) is 13.2. The van der Waals surface area contributed by atoms with Gasteiger partial charge in [0.25, 0.3) is 0 Å². The quantitative estimate of drug-likeness (QED) is 0.629. The average molecular weight is 333 g/mol. The van der Waals surface area contributed by atoms with Crippen molar-refractivity contribution in [3.05, 3.63) is 75.7 Å². The Labute approximate surface area is 127 Å². The van der Waals surface area contributed by atoms with Gasteiger partial charge in [-0.2, -0.15) is 0 Å². The van der Waals surface area contributed by atoms with Crippen LogP contribution in [0.5, 0.6) is 0 Å². The van der Waals surface area contributed by atoms with Crippen LogP contribution in [0.3, 0.4) is 0 Å². The molecule has 0 saturated carbocycles. The van der Waals surface area contributed by atoms with E-state index in [9.17, 15) is 5.21 Å². The Morgan fingerprint density at radius 1 is 1.20 bits per heavy atom. The van der Waals surface area contributed by atoms with Gasteiger partial charge >= 0.3 is 0 Å². The van der Waals surface area contributed by atoms with E-state index in [4.69, 9.17) is 0 Å². The van der Waals surface area contributed by atoms with E-state index in [0.717, 1.165) is 21.2 Å². The average Bonchev–Trinajstić information content (AvgIpc) is 2.41. The number of nitrogens with zero attached hydrogens (tertiary/aromatic N) is 2. The van der Waals surface area contributed by atoms with E-state index in [1.54, 1.807) is 20.3 Å². The Balaban J connectivity index is 2.42. The maximum atomic E-state index is 11.8. The van der Waals surface area contributed by atoms with Crippen LogP contribution in [0.25, 0.3) is 5.57 Å². The molecule has 104 valence electrons. The van der Waals surface area contributed by atoms with E-state index in [0.29, 0.717) is 6.54 Å². The summed E-state index contributed by atoms with van der Waals surface area (Å²) in [6.07, 6.45) is 5.54. The molecule has 0 aliphatic carbocycles. The van der Waals surface area contributed by atoms with Crippen molar-refractivity contribution in [2.45, 2.75) is 0 Å². The van der Waals surface area contributed by atoms with E-state index in [2.05, 4.69) is 20.9 Å². The number of hydrogen-bond donors (Lipinski definition) is 0. The summed E-state index contributed by atoms with van der Waals surface area (Å²) < 4.78 is 0.687. The number of halogens is 1. The summed E-state index contributed by atoms with van der Waals surface area (Å²) in [5.74, 6) is 0. The van der Waals surface area contributed by atoms with Gasteiger partial charge in [-0.15, -0.1) is 0 Å². The minimum Gasteiger partial charge on any atom is -0.633 e. The highest BCUT2D eigenvalue weighted by Gasteiger charge is 2.07. The van der Waals surface area contributed by atoms with E-state index in [1.807, 2.05) is 48.7 Å². The normalized spacial score (nSPS) is 12.5. The van der Waals surface area contributed by atoms with Gasteiger partial charge in [0.05, 0.1) is 20.6 Å². The molecule has 2 aromatic rings. The standard InChI is InChI=1S/C16H17BrN2O/c1-19(2,20)11-9-16(14-4-3-10-18-12-14)13-5-7-15(17)8-6-13/h3-10,12H,11H2,1-2H3/b16-9+. The first-order valence-corrected chi connectivity index (χ1v) is 7.15. The molecule has 2 rings (SSSR count). The molecule has 1 heterocycles. The Morgan fingerprint density at radius 2 is 1.90 bits per heavy atom. The van der Waals surface area contributed by atoms with Gasteiger partial charge in [0, 0.05) is 22.4 Å². The van der Waals surface area contributed by atoms with Crippen LogP contribution in [0.15, 0.2) is 59.3 Å². The lowest BCUT2D eigenvalue weighted by molar-refractivity contribution is -0.833. The van der Waals surface area contributed by atoms with Crippen molar-refractivity contribution in [1.29, 1.82) is 0 Å². The van der Waals surface area contributed by atoms with Gasteiger partial charge in [-0.1, -0.05) is 34.1 Å². The monoisotopic (exact) mass is 332 g/mol. The fourth-order valence-electron chi connectivity index (χ4n) is 1.87. The van der Waals surface area contributed by atoms with Gasteiger partial charge in [0.15, 0.2) is 0 Å². The largest absolute Gasteiger partial charge is 0.633 e. The van der Waals surface area contributed by atoms with Gasteiger partial charge in [-0.25, -0.2) is 0 Å². The molecule has 3 nitrogen and oxygen atoms in total. The van der Waals surface area contributed by atoms with Gasteiger partial charge < -0.3 is 9.85 Å². The molecular formula is C16H17BrN2O. The number of hydrogen-bond acceptors (Lipinski definition) is 2. The molecule has 0 aliphatic rings. The van der Waals surface area contributed by atoms with E-state index >= 15 is 0 Å². The zero-order chi connectivity index (χ0) is 14.6. The molecular weight excluding hydrogens is 316 g/mol. The van der Waals surface area contributed by atoms with Gasteiger partial charge in [-0.05, 0) is 35.4 Å². The van der Waals surface area contributed by atoms with Crippen LogP contribution < -0.4 is 0 Å². The number of hydroxylamine groups is 3. The van der Waals surface area contributed by atoms with Gasteiger partial charge in [0.2, 0.25) is 0 Å². The lowest BCUT2D eigenvalue weighted by Gasteiger charge is -2.32. The third kappa shape index (κ3) is 4.27. The Hall–Kier alpha value is -1.49. The SMILES string of the molecule is C[N+](C)([O-])C/C=C(\c1ccc(Br)cc1)c1cccnc1. The maximum absolute atomic E-state index is 11.8. The van der Waals surface area contributed by atoms with Crippen molar-refractivity contribution in [1.82, 2.24) is 4.98 Å². The predicted octanol–water partition coefficient (Wildman–Crippen LogP) is 3.85. The van der Waals surface area contributed by atoms with Crippen molar-refractivity contribution in [2.75, 3.05) is 20.6 Å². The number of likely N-dealkylation sites (N-methyl/N-ethyl adjacent to an activating group) is 1. The Kier molecular flexibility index (Phi) is 4.70. The molecule has 0 unspecified atom stereocenters. The van der Waals surface area contributed by atoms with Crippen LogP contribution in [0.4, 0.5) is 0 Å². The first kappa shape index (κ1) is 14.9. The number of quaternary nitrogens is 1. The lowest BCUT2D eigenvalue weighted by Crippen LogP contribution is -2.32. The van der Waals surface area contributed by atoms with Gasteiger partial charge in [-0.3, -0.25) is 4.98 Å². The van der Waals surface area contributed by atoms with Crippen molar-refractivity contribution < 1.29 is 4.65 Å². The number of pyridine rings is 1. The predicted molar refractivity (Wildman–Crippen MR) is 85.8 cm³/mol. The fourth-order valence-corrected chi connectivity index (χ4v) is 2.13. The third-order valence-electron chi connectivity index (χ3n) is 2.86. The molecule has 0 fully saturated rings. The molecule has 0 spiro atoms. The van der Waals surface area contributed by atoms with Crippen molar-refractivity contribution in [3.8, 4) is 0 Å². The van der Waals surface area contributed by atoms with Crippen LogP contribution in [-0.2, 0) is 0 Å². The molecule has 0 aliphatic heterocycles. The number of aromatic nitrogens is 1. The molecule has 0 atom stereocenters. The van der Waals surface area contributed by atoms with Gasteiger partial charge in [0.1, 0.15) is 0 Å². The number of rotatable bonds is 4. The van der Waals surface area contributed by atoms with Crippen molar-refractivity contribution in [2.24, 2.45) is 0 Å². The summed E-state index contributed by atoms with van der Waals surface area (Å²) in [6, 6.07) is 12.0. The minimum absolute atomic E-state index is 0.347. The highest BCUT2D eigenvalue weighted by Crippen LogP contribution is 2.24. The summed E-state index contributed by atoms with van der Waals surface area (Å²) in [5.41, 5.74) is 3.13. The van der Waals surface area contributed by atoms with Crippen molar-refractivity contribution >= 4 is 21.5 Å². The fraction of sp³-hybridized carbons (Fsp3) is 0.188. The highest BCUT2D eigenvalue weighted by molar-refractivity contribution is 9.10. The molecule has 1 aromatic carbocycles. The smallest absolute Gasteiger partial charge is 0.0976 e. The molecule has 0 amide bonds. The van der Waals surface area contributed by atoms with Crippen LogP contribution >= 0.6 is 15.9 Å². The molecule has 0 radical (unpaired) electrons. The zero-order valence-electron chi connectivity index (χ0n) is 11.6. The molecule has 0 N–H and O–H groups in total. The second kappa shape index (κ2) is 6.31. The summed E-state index contributed by atoms with van der Waals surface area (Å²) >= 11 is 3.44. The molecule has 1 aromatic heterocycles. The Morgan fingerprint density at radius 3 is 2.45 bits per heavy atom. The van der Waals surface area contributed by atoms with Crippen LogP contribution in [0, 0.1) is 5.21 Å². The van der Waals surface area contributed by atoms with E-state index < -0.39 is 0 Å². The summed E-state index contributed by atoms with van der Waals surface area (Å²) in [6.45, 7) is 0.417. The Bertz CT molecular complexity index is 586. The first-order valence-electron chi connectivity index (χ1n) is 6.36. The van der Waals surface area contributed by atoms with Crippen molar-refractivity contribution in [3.63, 3.8) is 0 Å². The van der Waals surface area contributed by atoms with E-state index in [1.165, 1.54) is 0 Å². The third-order valence-corrected chi connectivity index (χ3v) is 3.39. The second-order valence-electron chi connectivity index (χ2n) is 5.12. The summed E-state index contributed by atoms with van der Waals surface area (Å²) in [4.78, 5) is 4.16. The van der Waals surface area contributed by atoms with Crippen LogP contribution in [0.2, 0.25) is 0 Å². The molecule has 20 heavy (non-hydrogen) atoms. The molecule has 4 heteroatoms. The first-order chi connectivity index (χ1) is 9.46. The second-order valence-corrected chi connectivity index (χ2v) is 6.04. The number of benzene rings is 1. The summed E-state index contributed by atoms with van der Waals surface area (Å²) in [5, 5.41) is 11.8. The molecule has 0 saturated heterocycles. The summed E-state index contributed by atoms with van der Waals surface area (Å²) in [7, 11) is 3.28.